The summed E-state index contributed by atoms with van der Waals surface area (Å²) in [4.78, 5) is 16.1. The van der Waals surface area contributed by atoms with Crippen molar-refractivity contribution < 1.29 is 31.6 Å². The molecule has 2 heterocycles. The van der Waals surface area contributed by atoms with Crippen LogP contribution < -0.4 is 10.2 Å². The molecular weight excluding hydrogens is 534 g/mol. The van der Waals surface area contributed by atoms with Crippen molar-refractivity contribution in [2.24, 2.45) is 7.05 Å². The highest BCUT2D eigenvalue weighted by Gasteiger charge is 2.44. The summed E-state index contributed by atoms with van der Waals surface area (Å²) in [7, 11) is -6.87. The SMILES string of the molecule is Cn1ccnc1S(=O)(=O)N1CCN(S(=O)(=O)c2ccc(Oc3ccc(Cl)cc3)cc2)[C@@H](C(=O)NO)C1. The number of rotatable bonds is 7. The van der Waals surface area contributed by atoms with Crippen molar-refractivity contribution in [3.05, 3.63) is 65.9 Å². The maximum atomic E-state index is 13.4. The lowest BCUT2D eigenvalue weighted by molar-refractivity contribution is -0.134. The highest BCUT2D eigenvalue weighted by molar-refractivity contribution is 7.89. The van der Waals surface area contributed by atoms with Gasteiger partial charge in [-0.25, -0.2) is 27.3 Å². The van der Waals surface area contributed by atoms with E-state index in [2.05, 4.69) is 4.98 Å². The smallest absolute Gasteiger partial charge is 0.277 e. The first kappa shape index (κ1) is 26.1. The predicted molar refractivity (Wildman–Crippen MR) is 128 cm³/mol. The Bertz CT molecular complexity index is 1460. The van der Waals surface area contributed by atoms with Crippen LogP contribution in [0.3, 0.4) is 0 Å². The molecule has 1 amide bonds. The highest BCUT2D eigenvalue weighted by Crippen LogP contribution is 2.28. The third-order valence-corrected chi connectivity index (χ3v) is 9.57. The molecule has 15 heteroatoms. The zero-order chi connectivity index (χ0) is 26.1. The fourth-order valence-electron chi connectivity index (χ4n) is 3.71. The van der Waals surface area contributed by atoms with E-state index in [1.165, 1.54) is 53.8 Å². The molecule has 192 valence electrons. The number of sulfonamides is 2. The van der Waals surface area contributed by atoms with Crippen LogP contribution >= 0.6 is 11.6 Å². The van der Waals surface area contributed by atoms with Gasteiger partial charge in [0.1, 0.15) is 17.5 Å². The number of hydrogen-bond donors (Lipinski definition) is 2. The average Bonchev–Trinajstić information content (AvgIpc) is 3.31. The number of carbonyl (C=O) groups excluding carboxylic acids is 1. The van der Waals surface area contributed by atoms with E-state index in [9.17, 15) is 26.8 Å². The van der Waals surface area contributed by atoms with Crippen LogP contribution in [0.15, 0.2) is 71.0 Å². The standard InChI is InChI=1S/C21H22ClN5O7S2/c1-25-11-10-23-21(25)36(32,33)26-12-13-27(19(14-26)20(28)24-29)35(30,31)18-8-6-17(7-9-18)34-16-4-2-15(22)3-5-16/h2-11,19,29H,12-14H2,1H3,(H,24,28)/t19-/m1/s1. The molecule has 12 nitrogen and oxygen atoms in total. The lowest BCUT2D eigenvalue weighted by Crippen LogP contribution is -2.61. The first-order valence-electron chi connectivity index (χ1n) is 10.5. The van der Waals surface area contributed by atoms with Gasteiger partial charge in [-0.1, -0.05) is 11.6 Å². The quantitative estimate of drug-likeness (QED) is 0.328. The van der Waals surface area contributed by atoms with Crippen molar-refractivity contribution in [1.29, 1.82) is 0 Å². The van der Waals surface area contributed by atoms with Crippen LogP contribution in [0.1, 0.15) is 0 Å². The van der Waals surface area contributed by atoms with Crippen molar-refractivity contribution in [2.75, 3.05) is 19.6 Å². The minimum atomic E-state index is -4.25. The number of aryl methyl sites for hydroxylation is 1. The van der Waals surface area contributed by atoms with Crippen molar-refractivity contribution in [3.63, 3.8) is 0 Å². The monoisotopic (exact) mass is 555 g/mol. The van der Waals surface area contributed by atoms with E-state index < -0.39 is 38.5 Å². The molecule has 1 aliphatic rings. The molecule has 3 aromatic rings. The second-order valence-corrected chi connectivity index (χ2v) is 12.0. The molecule has 1 fully saturated rings. The molecule has 2 aromatic carbocycles. The summed E-state index contributed by atoms with van der Waals surface area (Å²) in [5.74, 6) is -0.201. The summed E-state index contributed by atoms with van der Waals surface area (Å²) in [5, 5.41) is 9.51. The van der Waals surface area contributed by atoms with Crippen molar-refractivity contribution >= 4 is 37.6 Å². The minimum absolute atomic E-state index is 0.137. The summed E-state index contributed by atoms with van der Waals surface area (Å²) in [6, 6.07) is 10.6. The van der Waals surface area contributed by atoms with Gasteiger partial charge in [-0.3, -0.25) is 10.0 Å². The summed E-state index contributed by atoms with van der Waals surface area (Å²) in [5.41, 5.74) is 1.43. The van der Waals surface area contributed by atoms with Crippen molar-refractivity contribution in [3.8, 4) is 11.5 Å². The third kappa shape index (κ3) is 5.09. The first-order chi connectivity index (χ1) is 17.0. The number of nitrogens with one attached hydrogen (secondary N) is 1. The van der Waals surface area contributed by atoms with Gasteiger partial charge >= 0.3 is 0 Å². The maximum absolute atomic E-state index is 13.4. The van der Waals surface area contributed by atoms with Gasteiger partial charge < -0.3 is 9.30 Å². The molecule has 0 radical (unpaired) electrons. The number of nitrogens with zero attached hydrogens (tertiary/aromatic N) is 4. The molecule has 36 heavy (non-hydrogen) atoms. The van der Waals surface area contributed by atoms with Gasteiger partial charge in [0.25, 0.3) is 15.9 Å². The molecule has 0 unspecified atom stereocenters. The van der Waals surface area contributed by atoms with E-state index >= 15 is 0 Å². The van der Waals surface area contributed by atoms with Crippen LogP contribution in [-0.4, -0.2) is 71.8 Å². The second-order valence-electron chi connectivity index (χ2n) is 7.82. The Morgan fingerprint density at radius 2 is 1.64 bits per heavy atom. The van der Waals surface area contributed by atoms with Gasteiger partial charge in [-0.05, 0) is 48.5 Å². The largest absolute Gasteiger partial charge is 0.457 e. The summed E-state index contributed by atoms with van der Waals surface area (Å²) < 4.78 is 61.6. The third-order valence-electron chi connectivity index (χ3n) is 5.53. The van der Waals surface area contributed by atoms with E-state index in [-0.39, 0.29) is 23.1 Å². The van der Waals surface area contributed by atoms with Gasteiger partial charge in [0.05, 0.1) is 4.90 Å². The van der Waals surface area contributed by atoms with Gasteiger partial charge in [0.2, 0.25) is 15.2 Å². The van der Waals surface area contributed by atoms with Crippen LogP contribution in [0.4, 0.5) is 0 Å². The topological polar surface area (TPSA) is 151 Å². The van der Waals surface area contributed by atoms with Crippen LogP contribution in [0.5, 0.6) is 11.5 Å². The molecule has 0 saturated carbocycles. The molecule has 1 aliphatic heterocycles. The number of aromatic nitrogens is 2. The number of benzene rings is 2. The zero-order valence-corrected chi connectivity index (χ0v) is 21.2. The second kappa shape index (κ2) is 10.2. The normalized spacial score (nSPS) is 17.6. The number of piperazine rings is 1. The van der Waals surface area contributed by atoms with Crippen LogP contribution in [0, 0.1) is 0 Å². The average molecular weight is 556 g/mol. The van der Waals surface area contributed by atoms with Crippen LogP contribution in [0.25, 0.3) is 0 Å². The minimum Gasteiger partial charge on any atom is -0.457 e. The number of imidazole rings is 1. The Kier molecular flexibility index (Phi) is 7.36. The Hall–Kier alpha value is -3.01. The molecule has 1 saturated heterocycles. The Labute approximate surface area is 212 Å². The number of carbonyl (C=O) groups is 1. The fraction of sp³-hybridized carbons (Fsp3) is 0.238. The van der Waals surface area contributed by atoms with E-state index in [1.807, 2.05) is 0 Å². The molecule has 4 rings (SSSR count). The molecule has 0 spiro atoms. The van der Waals surface area contributed by atoms with Gasteiger partial charge in [0, 0.05) is 44.1 Å². The first-order valence-corrected chi connectivity index (χ1v) is 13.8. The van der Waals surface area contributed by atoms with Crippen LogP contribution in [-0.2, 0) is 31.9 Å². The number of amides is 1. The van der Waals surface area contributed by atoms with E-state index in [0.717, 1.165) is 8.61 Å². The molecule has 2 N–H and O–H groups in total. The van der Waals surface area contributed by atoms with Gasteiger partial charge in [-0.15, -0.1) is 0 Å². The Balaban J connectivity index is 1.57. The molecule has 0 bridgehead atoms. The van der Waals surface area contributed by atoms with Crippen LogP contribution in [0.2, 0.25) is 5.02 Å². The maximum Gasteiger partial charge on any atom is 0.277 e. The number of ether oxygens (including phenoxy) is 1. The fourth-order valence-corrected chi connectivity index (χ4v) is 6.91. The van der Waals surface area contributed by atoms with Crippen molar-refractivity contribution in [1.82, 2.24) is 23.6 Å². The highest BCUT2D eigenvalue weighted by atomic mass is 35.5. The van der Waals surface area contributed by atoms with E-state index in [0.29, 0.717) is 16.5 Å². The van der Waals surface area contributed by atoms with Gasteiger partial charge in [0.15, 0.2) is 0 Å². The lowest BCUT2D eigenvalue weighted by Gasteiger charge is -2.38. The van der Waals surface area contributed by atoms with Gasteiger partial charge in [-0.2, -0.15) is 8.61 Å². The van der Waals surface area contributed by atoms with Crippen molar-refractivity contribution in [2.45, 2.75) is 16.1 Å². The van der Waals surface area contributed by atoms with E-state index in [1.54, 1.807) is 24.3 Å². The molecule has 1 atom stereocenters. The summed E-state index contributed by atoms with van der Waals surface area (Å²) >= 11 is 5.86. The van der Waals surface area contributed by atoms with E-state index in [4.69, 9.17) is 16.3 Å². The molecular formula is C21H22ClN5O7S2. The summed E-state index contributed by atoms with van der Waals surface area (Å²) in [6.45, 7) is -1.06. The summed E-state index contributed by atoms with van der Waals surface area (Å²) in [6.07, 6.45) is 2.76. The Morgan fingerprint density at radius 1 is 1.03 bits per heavy atom. The predicted octanol–water partition coefficient (Wildman–Crippen LogP) is 1.44. The number of hydroxylamine groups is 1. The molecule has 1 aromatic heterocycles. The molecule has 0 aliphatic carbocycles. The zero-order valence-electron chi connectivity index (χ0n) is 18.9. The number of halogens is 1. The number of hydrogen-bond acceptors (Lipinski definition) is 8. The Morgan fingerprint density at radius 3 is 2.19 bits per heavy atom. The lowest BCUT2D eigenvalue weighted by atomic mass is 10.2.